The standard InChI is InChI=1S/C10H10F3N3O/c11-10(12,13)9(3-4-9)16-8(17)7-2-1-6(14)5-15-7/h1-2,5H,3-4,14H2,(H,16,17). The van der Waals surface area contributed by atoms with E-state index in [1.54, 1.807) is 0 Å². The molecule has 1 aromatic heterocycles. The zero-order valence-corrected chi connectivity index (χ0v) is 8.71. The van der Waals surface area contributed by atoms with Crippen molar-refractivity contribution < 1.29 is 18.0 Å². The zero-order chi connectivity index (χ0) is 12.7. The van der Waals surface area contributed by atoms with E-state index >= 15 is 0 Å². The quantitative estimate of drug-likeness (QED) is 0.829. The van der Waals surface area contributed by atoms with Gasteiger partial charge < -0.3 is 11.1 Å². The number of nitrogen functional groups attached to an aromatic ring is 1. The van der Waals surface area contributed by atoms with Gasteiger partial charge in [0.05, 0.1) is 11.9 Å². The number of rotatable bonds is 2. The van der Waals surface area contributed by atoms with Crippen LogP contribution in [0.1, 0.15) is 23.3 Å². The average Bonchev–Trinajstić information content (AvgIpc) is 2.98. The first kappa shape index (κ1) is 11.7. The Balaban J connectivity index is 2.10. The molecule has 0 bridgehead atoms. The highest BCUT2D eigenvalue weighted by molar-refractivity contribution is 5.93. The summed E-state index contributed by atoms with van der Waals surface area (Å²) in [6.45, 7) is 0. The minimum absolute atomic E-state index is 0.0743. The van der Waals surface area contributed by atoms with Crippen molar-refractivity contribution in [3.63, 3.8) is 0 Å². The van der Waals surface area contributed by atoms with Crippen LogP contribution in [0.4, 0.5) is 18.9 Å². The summed E-state index contributed by atoms with van der Waals surface area (Å²) < 4.78 is 37.7. The van der Waals surface area contributed by atoms with E-state index in [0.29, 0.717) is 5.69 Å². The lowest BCUT2D eigenvalue weighted by Crippen LogP contribution is -2.48. The Morgan fingerprint density at radius 1 is 1.41 bits per heavy atom. The Morgan fingerprint density at radius 2 is 2.06 bits per heavy atom. The highest BCUT2D eigenvalue weighted by atomic mass is 19.4. The maximum absolute atomic E-state index is 12.6. The molecule has 7 heteroatoms. The predicted octanol–water partition coefficient (Wildman–Crippen LogP) is 1.49. The molecule has 1 heterocycles. The van der Waals surface area contributed by atoms with E-state index < -0.39 is 17.6 Å². The predicted molar refractivity (Wildman–Crippen MR) is 54.1 cm³/mol. The van der Waals surface area contributed by atoms with Gasteiger partial charge in [-0.25, -0.2) is 4.98 Å². The van der Waals surface area contributed by atoms with E-state index in [-0.39, 0.29) is 18.5 Å². The Hall–Kier alpha value is -1.79. The van der Waals surface area contributed by atoms with Gasteiger partial charge in [-0.2, -0.15) is 13.2 Å². The van der Waals surface area contributed by atoms with Gasteiger partial charge in [0.1, 0.15) is 11.2 Å². The van der Waals surface area contributed by atoms with Crippen LogP contribution in [0.3, 0.4) is 0 Å². The second-order valence-electron chi connectivity index (χ2n) is 4.01. The molecule has 1 aliphatic carbocycles. The lowest BCUT2D eigenvalue weighted by Gasteiger charge is -2.20. The minimum Gasteiger partial charge on any atom is -0.397 e. The lowest BCUT2D eigenvalue weighted by atomic mass is 10.2. The van der Waals surface area contributed by atoms with E-state index in [1.165, 1.54) is 18.3 Å². The summed E-state index contributed by atoms with van der Waals surface area (Å²) in [6, 6.07) is 2.70. The molecule has 92 valence electrons. The highest BCUT2D eigenvalue weighted by Crippen LogP contribution is 2.48. The molecule has 0 spiro atoms. The van der Waals surface area contributed by atoms with Gasteiger partial charge in [0.15, 0.2) is 0 Å². The van der Waals surface area contributed by atoms with Crippen LogP contribution < -0.4 is 11.1 Å². The first-order valence-corrected chi connectivity index (χ1v) is 4.95. The number of hydrogen-bond donors (Lipinski definition) is 2. The summed E-state index contributed by atoms with van der Waals surface area (Å²) in [4.78, 5) is 15.2. The van der Waals surface area contributed by atoms with Crippen LogP contribution in [-0.4, -0.2) is 22.6 Å². The van der Waals surface area contributed by atoms with Gasteiger partial charge in [0.25, 0.3) is 5.91 Å². The van der Waals surface area contributed by atoms with E-state index in [1.807, 2.05) is 5.32 Å². The topological polar surface area (TPSA) is 68.0 Å². The van der Waals surface area contributed by atoms with Crippen LogP contribution in [0.2, 0.25) is 0 Å². The van der Waals surface area contributed by atoms with Crippen LogP contribution in [0.5, 0.6) is 0 Å². The SMILES string of the molecule is Nc1ccc(C(=O)NC2(C(F)(F)F)CC2)nc1. The molecular formula is C10H10F3N3O. The van der Waals surface area contributed by atoms with Gasteiger partial charge in [0, 0.05) is 0 Å². The summed E-state index contributed by atoms with van der Waals surface area (Å²) in [6.07, 6.45) is -3.37. The van der Waals surface area contributed by atoms with E-state index in [0.717, 1.165) is 0 Å². The third kappa shape index (κ3) is 2.17. The van der Waals surface area contributed by atoms with E-state index in [9.17, 15) is 18.0 Å². The van der Waals surface area contributed by atoms with Crippen molar-refractivity contribution in [2.24, 2.45) is 0 Å². The number of nitrogens with two attached hydrogens (primary N) is 1. The molecule has 0 aliphatic heterocycles. The lowest BCUT2D eigenvalue weighted by molar-refractivity contribution is -0.163. The van der Waals surface area contributed by atoms with Crippen LogP contribution in [0.15, 0.2) is 18.3 Å². The molecule has 1 aromatic rings. The Bertz CT molecular complexity index is 437. The van der Waals surface area contributed by atoms with Crippen molar-refractivity contribution in [2.45, 2.75) is 24.6 Å². The number of pyridine rings is 1. The monoisotopic (exact) mass is 245 g/mol. The van der Waals surface area contributed by atoms with Gasteiger partial charge in [0.2, 0.25) is 0 Å². The normalized spacial score (nSPS) is 17.6. The first-order chi connectivity index (χ1) is 7.84. The largest absolute Gasteiger partial charge is 0.411 e. The fourth-order valence-corrected chi connectivity index (χ4v) is 1.43. The number of anilines is 1. The number of nitrogens with one attached hydrogen (secondary N) is 1. The third-order valence-corrected chi connectivity index (χ3v) is 2.66. The zero-order valence-electron chi connectivity index (χ0n) is 8.71. The number of nitrogens with zero attached hydrogens (tertiary/aromatic N) is 1. The molecule has 0 unspecified atom stereocenters. The number of halogens is 3. The van der Waals surface area contributed by atoms with Crippen molar-refractivity contribution >= 4 is 11.6 Å². The van der Waals surface area contributed by atoms with Gasteiger partial charge >= 0.3 is 6.18 Å². The van der Waals surface area contributed by atoms with Crippen LogP contribution >= 0.6 is 0 Å². The van der Waals surface area contributed by atoms with Gasteiger partial charge in [-0.3, -0.25) is 4.79 Å². The summed E-state index contributed by atoms with van der Waals surface area (Å²) in [5.74, 6) is -0.833. The number of carbonyl (C=O) groups is 1. The van der Waals surface area contributed by atoms with Crippen molar-refractivity contribution in [1.29, 1.82) is 0 Å². The van der Waals surface area contributed by atoms with Gasteiger partial charge in [-0.05, 0) is 25.0 Å². The maximum atomic E-state index is 12.6. The number of aromatic nitrogens is 1. The smallest absolute Gasteiger partial charge is 0.397 e. The van der Waals surface area contributed by atoms with Crippen molar-refractivity contribution in [2.75, 3.05) is 5.73 Å². The first-order valence-electron chi connectivity index (χ1n) is 4.95. The fraction of sp³-hybridized carbons (Fsp3) is 0.400. The molecule has 1 saturated carbocycles. The molecule has 2 rings (SSSR count). The van der Waals surface area contributed by atoms with Crippen molar-refractivity contribution in [1.82, 2.24) is 10.3 Å². The van der Waals surface area contributed by atoms with Crippen LogP contribution in [0, 0.1) is 0 Å². The summed E-state index contributed by atoms with van der Waals surface area (Å²) in [7, 11) is 0. The third-order valence-electron chi connectivity index (χ3n) is 2.66. The van der Waals surface area contributed by atoms with E-state index in [2.05, 4.69) is 4.98 Å². The van der Waals surface area contributed by atoms with Gasteiger partial charge in [-0.1, -0.05) is 0 Å². The molecule has 0 atom stereocenters. The molecule has 1 aliphatic rings. The second kappa shape index (κ2) is 3.61. The Kier molecular flexibility index (Phi) is 2.48. The number of carbonyl (C=O) groups excluding carboxylic acids is 1. The molecule has 1 amide bonds. The Labute approximate surface area is 95.0 Å². The maximum Gasteiger partial charge on any atom is 0.411 e. The summed E-state index contributed by atoms with van der Waals surface area (Å²) in [5.41, 5.74) is 3.57. The summed E-state index contributed by atoms with van der Waals surface area (Å²) >= 11 is 0. The number of amides is 1. The molecule has 0 aromatic carbocycles. The molecule has 17 heavy (non-hydrogen) atoms. The van der Waals surface area contributed by atoms with Gasteiger partial charge in [-0.15, -0.1) is 0 Å². The van der Waals surface area contributed by atoms with Crippen molar-refractivity contribution in [3.05, 3.63) is 24.0 Å². The highest BCUT2D eigenvalue weighted by Gasteiger charge is 2.64. The Morgan fingerprint density at radius 3 is 2.47 bits per heavy atom. The molecule has 3 N–H and O–H groups in total. The molecule has 0 saturated heterocycles. The summed E-state index contributed by atoms with van der Waals surface area (Å²) in [5, 5.41) is 1.98. The molecule has 1 fully saturated rings. The average molecular weight is 245 g/mol. The molecular weight excluding hydrogens is 235 g/mol. The number of hydrogen-bond acceptors (Lipinski definition) is 3. The molecule has 0 radical (unpaired) electrons. The van der Waals surface area contributed by atoms with Crippen molar-refractivity contribution in [3.8, 4) is 0 Å². The minimum atomic E-state index is -4.42. The van der Waals surface area contributed by atoms with Crippen LogP contribution in [0.25, 0.3) is 0 Å². The number of alkyl halides is 3. The second-order valence-corrected chi connectivity index (χ2v) is 4.01. The van der Waals surface area contributed by atoms with Crippen LogP contribution in [-0.2, 0) is 0 Å². The van der Waals surface area contributed by atoms with E-state index in [4.69, 9.17) is 5.73 Å². The molecule has 4 nitrogen and oxygen atoms in total. The fourth-order valence-electron chi connectivity index (χ4n) is 1.43.